The Balaban J connectivity index is 1.74. The second kappa shape index (κ2) is 9.02. The van der Waals surface area contributed by atoms with Crippen LogP contribution in [0.15, 0.2) is 98.4 Å². The van der Waals surface area contributed by atoms with Crippen molar-refractivity contribution in [3.8, 4) is 11.3 Å². The highest BCUT2D eigenvalue weighted by Gasteiger charge is 2.19. The lowest BCUT2D eigenvalue weighted by Crippen LogP contribution is -1.99. The van der Waals surface area contributed by atoms with Gasteiger partial charge in [0, 0.05) is 22.6 Å². The zero-order chi connectivity index (χ0) is 23.4. The summed E-state index contributed by atoms with van der Waals surface area (Å²) in [5, 5.41) is 23.3. The molecule has 0 aliphatic rings. The summed E-state index contributed by atoms with van der Waals surface area (Å²) in [7, 11) is -4.54. The van der Waals surface area contributed by atoms with E-state index in [1.54, 1.807) is 30.3 Å². The van der Waals surface area contributed by atoms with Crippen LogP contribution in [0.3, 0.4) is 0 Å². The number of aromatic nitrogens is 1. The van der Waals surface area contributed by atoms with Crippen molar-refractivity contribution in [3.05, 3.63) is 78.5 Å². The summed E-state index contributed by atoms with van der Waals surface area (Å²) < 4.78 is 33.6. The fourth-order valence-corrected chi connectivity index (χ4v) is 3.96. The molecule has 1 aromatic heterocycles. The molecule has 0 atom stereocenters. The van der Waals surface area contributed by atoms with E-state index in [4.69, 9.17) is 11.3 Å². The lowest BCUT2D eigenvalue weighted by molar-refractivity contribution is 0.484. The smallest absolute Gasteiger partial charge is 0.295 e. The van der Waals surface area contributed by atoms with Gasteiger partial charge >= 0.3 is 0 Å². The van der Waals surface area contributed by atoms with Crippen LogP contribution < -0.4 is 5.84 Å². The quantitative estimate of drug-likeness (QED) is 0.113. The minimum atomic E-state index is -4.54. The van der Waals surface area contributed by atoms with E-state index < -0.39 is 10.1 Å². The van der Waals surface area contributed by atoms with E-state index >= 15 is 0 Å². The third-order valence-electron chi connectivity index (χ3n) is 4.79. The summed E-state index contributed by atoms with van der Waals surface area (Å²) in [5.74, 6) is 5.24. The van der Waals surface area contributed by atoms with Gasteiger partial charge in [-0.1, -0.05) is 53.8 Å². The number of azo groups is 1. The van der Waals surface area contributed by atoms with Crippen LogP contribution in [0.4, 0.5) is 17.1 Å². The van der Waals surface area contributed by atoms with Crippen LogP contribution in [-0.2, 0) is 10.1 Å². The monoisotopic (exact) mass is 459 g/mol. The van der Waals surface area contributed by atoms with Crippen LogP contribution in [-0.4, -0.2) is 24.2 Å². The van der Waals surface area contributed by atoms with Crippen LogP contribution in [0, 0.1) is 5.41 Å². The summed E-state index contributed by atoms with van der Waals surface area (Å²) in [6.45, 7) is 0. The number of hydrogen-bond acceptors (Lipinski definition) is 8. The van der Waals surface area contributed by atoms with Gasteiger partial charge in [-0.3, -0.25) is 9.54 Å². The molecule has 0 bridgehead atoms. The number of fused-ring (bicyclic) bond motifs is 1. The van der Waals surface area contributed by atoms with Gasteiger partial charge in [-0.2, -0.15) is 8.42 Å². The van der Waals surface area contributed by atoms with Gasteiger partial charge in [-0.15, -0.1) is 15.3 Å². The van der Waals surface area contributed by atoms with Crippen molar-refractivity contribution in [1.29, 1.82) is 5.41 Å². The van der Waals surface area contributed by atoms with Crippen LogP contribution in [0.5, 0.6) is 0 Å². The summed E-state index contributed by atoms with van der Waals surface area (Å²) in [6.07, 6.45) is 2.78. The van der Waals surface area contributed by atoms with E-state index in [-0.39, 0.29) is 21.7 Å². The Labute approximate surface area is 188 Å². The van der Waals surface area contributed by atoms with Gasteiger partial charge in [0.2, 0.25) is 0 Å². The molecule has 164 valence electrons. The molecule has 0 aliphatic heterocycles. The zero-order valence-corrected chi connectivity index (χ0v) is 17.8. The molecule has 3 aromatic carbocycles. The highest BCUT2D eigenvalue weighted by Crippen LogP contribution is 2.40. The number of hydrogen-bond donors (Lipinski definition) is 3. The average Bonchev–Trinajstić information content (AvgIpc) is 2.83. The summed E-state index contributed by atoms with van der Waals surface area (Å²) in [6, 6.07) is 18.5. The summed E-state index contributed by atoms with van der Waals surface area (Å²) in [5.41, 5.74) is 3.05. The standard InChI is InChI=1S/C22H17N7O3S/c23-12-14-5-7-15(8-6-14)19-10-9-16(13-25-19)26-27-20-11-21(33(30,31)32)17-3-1-2-4-18(17)22(20)28-29-24/h1-13,23H,(H2,24,28)(H,30,31,32). The van der Waals surface area contributed by atoms with Crippen molar-refractivity contribution >= 4 is 44.2 Å². The lowest BCUT2D eigenvalue weighted by Gasteiger charge is -2.08. The van der Waals surface area contributed by atoms with Crippen molar-refractivity contribution in [1.82, 2.24) is 4.98 Å². The van der Waals surface area contributed by atoms with Gasteiger partial charge in [-0.25, -0.2) is 0 Å². The van der Waals surface area contributed by atoms with Gasteiger partial charge in [0.05, 0.1) is 11.9 Å². The highest BCUT2D eigenvalue weighted by atomic mass is 32.2. The number of rotatable bonds is 6. The minimum Gasteiger partial charge on any atom is -0.308 e. The first-order chi connectivity index (χ1) is 15.9. The summed E-state index contributed by atoms with van der Waals surface area (Å²) in [4.78, 5) is 4.04. The van der Waals surface area contributed by atoms with E-state index in [1.165, 1.54) is 18.5 Å². The number of pyridine rings is 1. The normalized spacial score (nSPS) is 12.0. The molecule has 0 radical (unpaired) electrons. The second-order valence-corrected chi connectivity index (χ2v) is 8.24. The molecule has 0 aliphatic carbocycles. The van der Waals surface area contributed by atoms with E-state index in [2.05, 4.69) is 25.5 Å². The molecule has 0 saturated heterocycles. The van der Waals surface area contributed by atoms with Crippen molar-refractivity contribution < 1.29 is 13.0 Å². The predicted octanol–water partition coefficient (Wildman–Crippen LogP) is 5.52. The molecule has 10 nitrogen and oxygen atoms in total. The Hall–Kier alpha value is -4.35. The Morgan fingerprint density at radius 3 is 2.27 bits per heavy atom. The van der Waals surface area contributed by atoms with Gasteiger partial charge in [0.1, 0.15) is 22.0 Å². The van der Waals surface area contributed by atoms with Gasteiger partial charge in [0.25, 0.3) is 10.1 Å². The molecule has 4 rings (SSSR count). The van der Waals surface area contributed by atoms with Crippen molar-refractivity contribution in [3.63, 3.8) is 0 Å². The molecular weight excluding hydrogens is 442 g/mol. The first kappa shape index (κ1) is 21.9. The second-order valence-electron chi connectivity index (χ2n) is 6.85. The van der Waals surface area contributed by atoms with Crippen LogP contribution in [0.1, 0.15) is 5.56 Å². The van der Waals surface area contributed by atoms with E-state index in [1.807, 2.05) is 24.3 Å². The van der Waals surface area contributed by atoms with Crippen LogP contribution >= 0.6 is 0 Å². The Bertz CT molecular complexity index is 1500. The molecule has 0 unspecified atom stereocenters. The maximum absolute atomic E-state index is 11.9. The molecule has 11 heteroatoms. The van der Waals surface area contributed by atoms with Crippen LogP contribution in [0.25, 0.3) is 22.0 Å². The fourth-order valence-electron chi connectivity index (χ4n) is 3.24. The molecule has 0 saturated carbocycles. The summed E-state index contributed by atoms with van der Waals surface area (Å²) >= 11 is 0. The third-order valence-corrected chi connectivity index (χ3v) is 5.68. The first-order valence-corrected chi connectivity index (χ1v) is 11.0. The maximum Gasteiger partial charge on any atom is 0.295 e. The average molecular weight is 459 g/mol. The van der Waals surface area contributed by atoms with E-state index in [9.17, 15) is 13.0 Å². The molecule has 0 amide bonds. The van der Waals surface area contributed by atoms with Gasteiger partial charge in [-0.05, 0) is 23.8 Å². The zero-order valence-electron chi connectivity index (χ0n) is 17.0. The number of nitrogens with two attached hydrogens (primary N) is 1. The molecule has 1 heterocycles. The Kier molecular flexibility index (Phi) is 5.98. The predicted molar refractivity (Wildman–Crippen MR) is 124 cm³/mol. The molecule has 33 heavy (non-hydrogen) atoms. The minimum absolute atomic E-state index is 0.0573. The first-order valence-electron chi connectivity index (χ1n) is 9.53. The van der Waals surface area contributed by atoms with E-state index in [0.717, 1.165) is 17.2 Å². The number of nitrogens with zero attached hydrogens (tertiary/aromatic N) is 5. The topological polar surface area (TPSA) is 167 Å². The molecule has 4 aromatic rings. The highest BCUT2D eigenvalue weighted by molar-refractivity contribution is 7.86. The van der Waals surface area contributed by atoms with Crippen molar-refractivity contribution in [2.24, 2.45) is 26.4 Å². The number of nitrogens with one attached hydrogen (secondary N) is 1. The molecular formula is C22H17N7O3S. The SMILES string of the molecule is N=Cc1ccc(-c2ccc(N=Nc3cc(S(=O)(=O)O)c4ccccc4c3N=NN)cn2)cc1. The third kappa shape index (κ3) is 4.63. The molecule has 0 fully saturated rings. The van der Waals surface area contributed by atoms with Crippen LogP contribution in [0.2, 0.25) is 0 Å². The fraction of sp³-hybridized carbons (Fsp3) is 0. The maximum atomic E-state index is 11.9. The Morgan fingerprint density at radius 2 is 1.67 bits per heavy atom. The van der Waals surface area contributed by atoms with Gasteiger partial charge < -0.3 is 11.3 Å². The largest absolute Gasteiger partial charge is 0.308 e. The Morgan fingerprint density at radius 1 is 0.939 bits per heavy atom. The molecule has 0 spiro atoms. The lowest BCUT2D eigenvalue weighted by atomic mass is 10.1. The number of benzene rings is 3. The van der Waals surface area contributed by atoms with Crippen molar-refractivity contribution in [2.45, 2.75) is 4.90 Å². The van der Waals surface area contributed by atoms with Gasteiger partial charge in [0.15, 0.2) is 0 Å². The van der Waals surface area contributed by atoms with E-state index in [0.29, 0.717) is 16.8 Å². The molecule has 4 N–H and O–H groups in total. The van der Waals surface area contributed by atoms with Crippen molar-refractivity contribution in [2.75, 3.05) is 0 Å².